The Labute approximate surface area is 395 Å². The van der Waals surface area contributed by atoms with Gasteiger partial charge in [-0.15, -0.1) is 0 Å². The topological polar surface area (TPSA) is 184 Å². The number of aliphatic hydroxyl groups is 1. The van der Waals surface area contributed by atoms with Gasteiger partial charge in [-0.3, -0.25) is 38.6 Å². The summed E-state index contributed by atoms with van der Waals surface area (Å²) in [5, 5.41) is 17.1. The van der Waals surface area contributed by atoms with E-state index in [1.807, 2.05) is 43.3 Å². The first-order chi connectivity index (χ1) is 33.3. The zero-order valence-corrected chi connectivity index (χ0v) is 38.7. The number of anilines is 4. The van der Waals surface area contributed by atoms with Crippen LogP contribution in [0, 0.1) is 0 Å². The van der Waals surface area contributed by atoms with Crippen LogP contribution in [0.25, 0.3) is 27.9 Å². The van der Waals surface area contributed by atoms with E-state index in [1.165, 1.54) is 15.4 Å². The highest BCUT2D eigenvalue weighted by Crippen LogP contribution is 2.39. The van der Waals surface area contributed by atoms with E-state index >= 15 is 0 Å². The monoisotopic (exact) mass is 943 g/mol. The number of aryl methyl sites for hydroxylation is 2. The van der Waals surface area contributed by atoms with Crippen LogP contribution >= 0.6 is 0 Å². The molecule has 3 N–H and O–H groups in total. The third kappa shape index (κ3) is 8.06. The second-order valence-corrected chi connectivity index (χ2v) is 19.1. The molecule has 2 atom stereocenters. The molecule has 5 aliphatic rings. The lowest BCUT2D eigenvalue weighted by Crippen LogP contribution is -2.62. The number of hydrogen-bond acceptors (Lipinski definition) is 13. The van der Waals surface area contributed by atoms with E-state index < -0.39 is 35.7 Å². The molecule has 1 unspecified atom stereocenters. The normalized spacial score (nSPS) is 21.8. The molecule has 2 aromatic carbocycles. The smallest absolute Gasteiger partial charge is 0.329 e. The summed E-state index contributed by atoms with van der Waals surface area (Å²) in [6, 6.07) is 18.0. The van der Waals surface area contributed by atoms with Gasteiger partial charge in [0.05, 0.1) is 23.3 Å². The fourth-order valence-corrected chi connectivity index (χ4v) is 11.2. The Morgan fingerprint density at radius 3 is 2.32 bits per heavy atom. The van der Waals surface area contributed by atoms with Crippen molar-refractivity contribution in [1.82, 2.24) is 48.6 Å². The third-order valence-electron chi connectivity index (χ3n) is 15.3. The van der Waals surface area contributed by atoms with Crippen molar-refractivity contribution in [2.75, 3.05) is 67.5 Å². The van der Waals surface area contributed by atoms with Gasteiger partial charge < -0.3 is 20.2 Å². The number of carbonyl (C=O) groups excluding carboxylic acids is 2. The number of benzene rings is 2. The summed E-state index contributed by atoms with van der Waals surface area (Å²) in [4.78, 5) is 75.1. The first-order valence-corrected chi connectivity index (χ1v) is 24.0. The first-order valence-electron chi connectivity index (χ1n) is 24.0. The minimum absolute atomic E-state index is 0.150. The number of likely N-dealkylation sites (tertiary alicyclic amines) is 1. The van der Waals surface area contributed by atoms with Gasteiger partial charge in [-0.05, 0) is 92.6 Å². The van der Waals surface area contributed by atoms with E-state index in [1.54, 1.807) is 17.7 Å². The average molecular weight is 944 g/mol. The molecule has 4 aliphatic heterocycles. The standard InChI is InChI=1S/C49H55F2N13O5/c1-3-49(69)18-14-30-4-12-41(54-43(30)49)64-44-36(46(67)62(64)21-17-40(50)51)27-52-47(56-44)53-31-5-7-32(8-6-31)59-22-24-60(25-23-59)33-15-19-58(20-16-33)35-28-61(29-35)34-9-10-37-39(26-34)57(2)48(68)63(37)38-11-13-42(65)55-45(38)66/h4-10,12,17,26-27,33,35,38,69H,3,11,13-16,18-25,28-29H2,1-2H3,(H,52,53,56)(H,55,65,66)/t38?,49-/m1/s1. The van der Waals surface area contributed by atoms with E-state index in [-0.39, 0.29) is 40.8 Å². The molecule has 2 amide bonds. The van der Waals surface area contributed by atoms with E-state index in [0.717, 1.165) is 98.0 Å². The maximum Gasteiger partial charge on any atom is 0.329 e. The number of fused-ring (bicyclic) bond motifs is 3. The number of nitrogens with zero attached hydrogens (tertiary/aromatic N) is 11. The van der Waals surface area contributed by atoms with Crippen LogP contribution in [0.2, 0.25) is 0 Å². The van der Waals surface area contributed by atoms with Gasteiger partial charge in [-0.1, -0.05) is 13.0 Å². The molecule has 11 rings (SSSR count). The molecular weight excluding hydrogens is 889 g/mol. The van der Waals surface area contributed by atoms with Crippen LogP contribution in [0.1, 0.15) is 62.7 Å². The number of pyridine rings is 1. The zero-order valence-electron chi connectivity index (χ0n) is 38.7. The fourth-order valence-electron chi connectivity index (χ4n) is 11.2. The lowest BCUT2D eigenvalue weighted by atomic mass is 9.97. The molecule has 4 fully saturated rings. The molecule has 0 bridgehead atoms. The van der Waals surface area contributed by atoms with Crippen LogP contribution in [0.5, 0.6) is 0 Å². The van der Waals surface area contributed by atoms with Crippen LogP contribution in [-0.4, -0.2) is 125 Å². The number of imidazole rings is 1. The number of rotatable bonds is 11. The Morgan fingerprint density at radius 2 is 1.59 bits per heavy atom. The van der Waals surface area contributed by atoms with Crippen LogP contribution < -0.4 is 31.7 Å². The Balaban J connectivity index is 0.688. The maximum atomic E-state index is 13.6. The number of piperidine rings is 2. The highest BCUT2D eigenvalue weighted by Gasteiger charge is 2.39. The second kappa shape index (κ2) is 17.6. The molecule has 0 saturated carbocycles. The molecule has 0 radical (unpaired) electrons. The minimum Gasteiger partial charge on any atom is -0.384 e. The summed E-state index contributed by atoms with van der Waals surface area (Å²) in [5.41, 5.74) is 4.11. The van der Waals surface area contributed by atoms with Gasteiger partial charge in [0.2, 0.25) is 17.8 Å². The largest absolute Gasteiger partial charge is 0.384 e. The Hall–Kier alpha value is -6.77. The maximum absolute atomic E-state index is 13.6. The summed E-state index contributed by atoms with van der Waals surface area (Å²) >= 11 is 0. The Morgan fingerprint density at radius 1 is 0.855 bits per heavy atom. The van der Waals surface area contributed by atoms with Crippen LogP contribution in [0.4, 0.5) is 31.8 Å². The van der Waals surface area contributed by atoms with Crippen LogP contribution in [0.3, 0.4) is 0 Å². The first kappa shape index (κ1) is 44.7. The van der Waals surface area contributed by atoms with Crippen LogP contribution in [-0.2, 0) is 35.2 Å². The summed E-state index contributed by atoms with van der Waals surface area (Å²) in [5.74, 6) is -0.226. The summed E-state index contributed by atoms with van der Waals surface area (Å²) < 4.78 is 32.3. The van der Waals surface area contributed by atoms with Gasteiger partial charge in [-0.25, -0.2) is 24.1 Å². The molecular formula is C49H55F2N13O5. The van der Waals surface area contributed by atoms with Crippen molar-refractivity contribution >= 4 is 56.9 Å². The van der Waals surface area contributed by atoms with Gasteiger partial charge in [0.15, 0.2) is 11.5 Å². The Bertz CT molecular complexity index is 3140. The van der Waals surface area contributed by atoms with Gasteiger partial charge in [0.25, 0.3) is 11.6 Å². The van der Waals surface area contributed by atoms with Gasteiger partial charge in [0, 0.05) is 107 Å². The average Bonchev–Trinajstić information content (AvgIpc) is 3.92. The highest BCUT2D eigenvalue weighted by atomic mass is 19.3. The number of halogens is 2. The predicted molar refractivity (Wildman–Crippen MR) is 256 cm³/mol. The third-order valence-corrected chi connectivity index (χ3v) is 15.3. The number of aromatic nitrogens is 7. The lowest BCUT2D eigenvalue weighted by molar-refractivity contribution is -0.135. The summed E-state index contributed by atoms with van der Waals surface area (Å²) in [6.45, 7) is 9.25. The molecule has 69 heavy (non-hydrogen) atoms. The molecule has 6 aromatic rings. The van der Waals surface area contributed by atoms with Crippen molar-refractivity contribution in [3.63, 3.8) is 0 Å². The summed E-state index contributed by atoms with van der Waals surface area (Å²) in [7, 11) is 1.73. The van der Waals surface area contributed by atoms with E-state index in [4.69, 9.17) is 9.97 Å². The lowest BCUT2D eigenvalue weighted by Gasteiger charge is -2.50. The number of carbonyl (C=O) groups is 2. The molecule has 360 valence electrons. The second-order valence-electron chi connectivity index (χ2n) is 19.1. The number of piperazine rings is 1. The van der Waals surface area contributed by atoms with Gasteiger partial charge >= 0.3 is 5.69 Å². The van der Waals surface area contributed by atoms with Crippen LogP contribution in [0.15, 0.2) is 82.5 Å². The quantitative estimate of drug-likeness (QED) is 0.158. The van der Waals surface area contributed by atoms with Crippen molar-refractivity contribution in [2.45, 2.75) is 82.1 Å². The number of amides is 2. The van der Waals surface area contributed by atoms with Gasteiger partial charge in [0.1, 0.15) is 17.0 Å². The van der Waals surface area contributed by atoms with E-state index in [2.05, 4.69) is 47.3 Å². The van der Waals surface area contributed by atoms with Crippen molar-refractivity contribution in [2.24, 2.45) is 7.05 Å². The number of imide groups is 1. The van der Waals surface area contributed by atoms with Crippen molar-refractivity contribution in [3.05, 3.63) is 105 Å². The Kier molecular flexibility index (Phi) is 11.4. The number of allylic oxidation sites excluding steroid dienone is 1. The minimum atomic E-state index is -1.91. The van der Waals surface area contributed by atoms with Crippen molar-refractivity contribution in [3.8, 4) is 5.82 Å². The predicted octanol–water partition coefficient (Wildman–Crippen LogP) is 4.15. The zero-order chi connectivity index (χ0) is 47.7. The number of nitrogens with one attached hydrogen (secondary N) is 2. The molecule has 1 aliphatic carbocycles. The van der Waals surface area contributed by atoms with Crippen molar-refractivity contribution < 1.29 is 23.5 Å². The molecule has 8 heterocycles. The molecule has 0 spiro atoms. The fraction of sp³-hybridized carbons (Fsp3) is 0.449. The highest BCUT2D eigenvalue weighted by molar-refractivity contribution is 6.00. The summed E-state index contributed by atoms with van der Waals surface area (Å²) in [6.07, 6.45) is 4.59. The van der Waals surface area contributed by atoms with E-state index in [0.29, 0.717) is 55.1 Å². The molecule has 4 saturated heterocycles. The molecule has 20 heteroatoms. The van der Waals surface area contributed by atoms with E-state index in [9.17, 15) is 33.1 Å². The number of hydrogen-bond donors (Lipinski definition) is 3. The SMILES string of the molecule is CC[C@@]1(O)CCc2ccc(-n3c4nc(Nc5ccc(N6CCN(C7CCN(C8CN(c9ccc%10c(c9)n(C)c(=O)n%10C9CCC(=O)NC9=O)C8)CC7)CC6)cc5)ncc4c(=O)n3CC=C(F)F)nc21. The molecule has 18 nitrogen and oxygen atoms in total. The molecule has 4 aromatic heterocycles. The van der Waals surface area contributed by atoms with Crippen molar-refractivity contribution in [1.29, 1.82) is 0 Å². The van der Waals surface area contributed by atoms with Gasteiger partial charge in [-0.2, -0.15) is 13.8 Å².